The quantitative estimate of drug-likeness (QED) is 0.690. The highest BCUT2D eigenvalue weighted by Crippen LogP contribution is 2.28. The fourth-order valence-corrected chi connectivity index (χ4v) is 3.78. The lowest BCUT2D eigenvalue weighted by atomic mass is 9.92. The molecule has 0 radical (unpaired) electrons. The first-order valence-electron chi connectivity index (χ1n) is 10.3. The van der Waals surface area contributed by atoms with E-state index in [1.165, 1.54) is 12.1 Å². The van der Waals surface area contributed by atoms with E-state index in [-0.39, 0.29) is 23.1 Å². The van der Waals surface area contributed by atoms with Crippen LogP contribution in [-0.2, 0) is 11.8 Å². The Morgan fingerprint density at radius 1 is 1.33 bits per heavy atom. The summed E-state index contributed by atoms with van der Waals surface area (Å²) < 4.78 is 19.4. The second-order valence-electron chi connectivity index (χ2n) is 8.98. The normalized spacial score (nSPS) is 17.3. The van der Waals surface area contributed by atoms with Crippen LogP contribution < -0.4 is 0 Å². The average molecular weight is 410 g/mol. The molecule has 1 aliphatic heterocycles. The van der Waals surface area contributed by atoms with Crippen LogP contribution in [0, 0.1) is 5.82 Å². The van der Waals surface area contributed by atoms with E-state index >= 15 is 0 Å². The van der Waals surface area contributed by atoms with Gasteiger partial charge in [0.05, 0.1) is 12.1 Å². The number of aromatic amines is 1. The molecule has 7 heteroatoms. The summed E-state index contributed by atoms with van der Waals surface area (Å²) in [7, 11) is 0. The van der Waals surface area contributed by atoms with E-state index in [4.69, 9.17) is 4.42 Å². The number of rotatable bonds is 4. The highest BCUT2D eigenvalue weighted by Gasteiger charge is 2.30. The number of oxazole rings is 1. The predicted octanol–water partition coefficient (Wildman–Crippen LogP) is 4.44. The molecule has 1 amide bonds. The van der Waals surface area contributed by atoms with Crippen molar-refractivity contribution in [1.29, 1.82) is 0 Å². The zero-order valence-electron chi connectivity index (χ0n) is 17.6. The molecule has 6 nitrogen and oxygen atoms in total. The molecule has 1 aliphatic rings. The molecule has 1 aromatic carbocycles. The zero-order valence-corrected chi connectivity index (χ0v) is 17.6. The summed E-state index contributed by atoms with van der Waals surface area (Å²) in [4.78, 5) is 19.2. The lowest BCUT2D eigenvalue weighted by molar-refractivity contribution is 0.0692. The lowest BCUT2D eigenvalue weighted by Gasteiger charge is -2.30. The second kappa shape index (κ2) is 8.05. The molecular formula is C23H27FN4O2. The highest BCUT2D eigenvalue weighted by molar-refractivity contribution is 5.92. The topological polar surface area (TPSA) is 75.0 Å². The van der Waals surface area contributed by atoms with Gasteiger partial charge in [0.25, 0.3) is 5.91 Å². The van der Waals surface area contributed by atoms with Crippen LogP contribution in [0.4, 0.5) is 4.39 Å². The number of amides is 1. The Hall–Kier alpha value is -2.96. The zero-order chi connectivity index (χ0) is 21.3. The van der Waals surface area contributed by atoms with Gasteiger partial charge < -0.3 is 9.32 Å². The molecule has 1 saturated heterocycles. The molecule has 0 spiro atoms. The molecule has 2 aromatic heterocycles. The number of hydrogen-bond acceptors (Lipinski definition) is 4. The summed E-state index contributed by atoms with van der Waals surface area (Å²) >= 11 is 0. The van der Waals surface area contributed by atoms with Crippen molar-refractivity contribution in [3.8, 4) is 0 Å². The predicted molar refractivity (Wildman–Crippen MR) is 111 cm³/mol. The molecule has 1 fully saturated rings. The maximum Gasteiger partial charge on any atom is 0.274 e. The number of hydrogen-bond donors (Lipinski definition) is 1. The van der Waals surface area contributed by atoms with Crippen molar-refractivity contribution in [1.82, 2.24) is 20.1 Å². The van der Waals surface area contributed by atoms with E-state index in [0.29, 0.717) is 36.9 Å². The molecule has 1 atom stereocenters. The molecule has 158 valence electrons. The van der Waals surface area contributed by atoms with Crippen molar-refractivity contribution in [2.24, 2.45) is 0 Å². The van der Waals surface area contributed by atoms with Crippen LogP contribution in [0.25, 0.3) is 0 Å². The van der Waals surface area contributed by atoms with Gasteiger partial charge in [0.2, 0.25) is 0 Å². The Labute approximate surface area is 175 Å². The average Bonchev–Trinajstić information content (AvgIpc) is 3.37. The maximum absolute atomic E-state index is 13.4. The van der Waals surface area contributed by atoms with Gasteiger partial charge in [-0.15, -0.1) is 0 Å². The summed E-state index contributed by atoms with van der Waals surface area (Å²) in [5.74, 6) is 1.04. The van der Waals surface area contributed by atoms with Gasteiger partial charge in [-0.2, -0.15) is 5.10 Å². The molecular weight excluding hydrogens is 383 g/mol. The number of piperidine rings is 1. The van der Waals surface area contributed by atoms with Crippen molar-refractivity contribution >= 4 is 5.91 Å². The molecule has 30 heavy (non-hydrogen) atoms. The van der Waals surface area contributed by atoms with E-state index in [2.05, 4.69) is 36.0 Å². The Balaban J connectivity index is 1.43. The van der Waals surface area contributed by atoms with Crippen molar-refractivity contribution in [3.63, 3.8) is 0 Å². The van der Waals surface area contributed by atoms with Crippen molar-refractivity contribution in [3.05, 3.63) is 70.9 Å². The number of halogens is 1. The van der Waals surface area contributed by atoms with Gasteiger partial charge in [0, 0.05) is 30.6 Å². The molecule has 3 heterocycles. The molecule has 0 unspecified atom stereocenters. The summed E-state index contributed by atoms with van der Waals surface area (Å²) in [5.41, 5.74) is 2.13. The van der Waals surface area contributed by atoms with Crippen LogP contribution in [0.5, 0.6) is 0 Å². The summed E-state index contributed by atoms with van der Waals surface area (Å²) in [5, 5.41) is 7.21. The molecule has 1 N–H and O–H groups in total. The highest BCUT2D eigenvalue weighted by atomic mass is 19.1. The van der Waals surface area contributed by atoms with E-state index in [0.717, 1.165) is 24.1 Å². The van der Waals surface area contributed by atoms with Gasteiger partial charge >= 0.3 is 0 Å². The first kappa shape index (κ1) is 20.3. The van der Waals surface area contributed by atoms with Gasteiger partial charge in [-0.3, -0.25) is 9.89 Å². The third-order valence-corrected chi connectivity index (χ3v) is 5.50. The van der Waals surface area contributed by atoms with Gasteiger partial charge in [-0.1, -0.05) is 32.9 Å². The minimum Gasteiger partial charge on any atom is -0.445 e. The smallest absolute Gasteiger partial charge is 0.274 e. The van der Waals surface area contributed by atoms with Crippen LogP contribution in [-0.4, -0.2) is 39.1 Å². The van der Waals surface area contributed by atoms with E-state index < -0.39 is 0 Å². The first-order chi connectivity index (χ1) is 14.3. The third kappa shape index (κ3) is 4.45. The fourth-order valence-electron chi connectivity index (χ4n) is 3.78. The van der Waals surface area contributed by atoms with E-state index in [1.807, 2.05) is 17.0 Å². The molecule has 3 aromatic rings. The van der Waals surface area contributed by atoms with Crippen molar-refractivity contribution < 1.29 is 13.6 Å². The SMILES string of the molecule is CC(C)(C)c1cc(C(=O)N2CCC[C@@H](c3ncc(Cc4cccc(F)c4)o3)C2)n[nH]1. The summed E-state index contributed by atoms with van der Waals surface area (Å²) in [6.07, 6.45) is 3.99. The van der Waals surface area contributed by atoms with Crippen molar-refractivity contribution in [2.75, 3.05) is 13.1 Å². The molecule has 0 aliphatic carbocycles. The third-order valence-electron chi connectivity index (χ3n) is 5.50. The minimum atomic E-state index is -0.262. The molecule has 0 saturated carbocycles. The maximum atomic E-state index is 13.4. The van der Waals surface area contributed by atoms with Gasteiger partial charge in [0.15, 0.2) is 5.89 Å². The molecule has 0 bridgehead atoms. The number of likely N-dealkylation sites (tertiary alicyclic amines) is 1. The number of benzene rings is 1. The second-order valence-corrected chi connectivity index (χ2v) is 8.98. The largest absolute Gasteiger partial charge is 0.445 e. The number of H-pyrrole nitrogens is 1. The van der Waals surface area contributed by atoms with Crippen LogP contribution >= 0.6 is 0 Å². The van der Waals surface area contributed by atoms with Gasteiger partial charge in [-0.25, -0.2) is 9.37 Å². The molecule has 4 rings (SSSR count). The number of carbonyl (C=O) groups is 1. The van der Waals surface area contributed by atoms with Crippen LogP contribution in [0.15, 0.2) is 40.9 Å². The van der Waals surface area contributed by atoms with Crippen LogP contribution in [0.3, 0.4) is 0 Å². The van der Waals surface area contributed by atoms with Crippen LogP contribution in [0.2, 0.25) is 0 Å². The Morgan fingerprint density at radius 2 is 2.17 bits per heavy atom. The van der Waals surface area contributed by atoms with Crippen LogP contribution in [0.1, 0.15) is 72.9 Å². The van der Waals surface area contributed by atoms with E-state index in [1.54, 1.807) is 12.3 Å². The standard InChI is InChI=1S/C23H27FN4O2/c1-23(2,3)20-12-19(26-27-20)22(29)28-9-5-7-16(14-28)21-25-13-18(30-21)11-15-6-4-8-17(24)10-15/h4,6,8,10,12-13,16H,5,7,9,11,14H2,1-3H3,(H,26,27)/t16-/m1/s1. The minimum absolute atomic E-state index is 0.0463. The van der Waals surface area contributed by atoms with E-state index in [9.17, 15) is 9.18 Å². The fraction of sp³-hybridized carbons (Fsp3) is 0.435. The summed E-state index contributed by atoms with van der Waals surface area (Å²) in [6.45, 7) is 7.49. The number of nitrogens with zero attached hydrogens (tertiary/aromatic N) is 3. The Bertz CT molecular complexity index is 1030. The van der Waals surface area contributed by atoms with Gasteiger partial charge in [0.1, 0.15) is 17.3 Å². The number of carbonyl (C=O) groups excluding carboxylic acids is 1. The lowest BCUT2D eigenvalue weighted by Crippen LogP contribution is -2.39. The summed E-state index contributed by atoms with van der Waals surface area (Å²) in [6, 6.07) is 8.31. The Morgan fingerprint density at radius 3 is 2.90 bits per heavy atom. The number of aromatic nitrogens is 3. The first-order valence-corrected chi connectivity index (χ1v) is 10.3. The van der Waals surface area contributed by atoms with Gasteiger partial charge in [-0.05, 0) is 36.6 Å². The van der Waals surface area contributed by atoms with Crippen molar-refractivity contribution in [2.45, 2.75) is 51.4 Å². The monoisotopic (exact) mass is 410 g/mol. The Kier molecular flexibility index (Phi) is 5.45. The number of nitrogens with one attached hydrogen (secondary N) is 1.